The molecule has 0 unspecified atom stereocenters. The first-order chi connectivity index (χ1) is 8.97. The molecule has 2 N–H and O–H groups in total. The number of nitrogens with two attached hydrogens (primary N) is 1. The van der Waals surface area contributed by atoms with Gasteiger partial charge in [-0.05, 0) is 42.7 Å². The molecule has 0 aliphatic heterocycles. The van der Waals surface area contributed by atoms with Gasteiger partial charge in [0.05, 0.1) is 6.54 Å². The van der Waals surface area contributed by atoms with Gasteiger partial charge in [0.15, 0.2) is 0 Å². The molecule has 19 heavy (non-hydrogen) atoms. The number of thiocarbonyl (C=S) groups is 1. The number of benzene rings is 1. The lowest BCUT2D eigenvalue weighted by Gasteiger charge is -2.10. The van der Waals surface area contributed by atoms with Crippen molar-refractivity contribution in [2.45, 2.75) is 20.4 Å². The molecule has 3 nitrogen and oxygen atoms in total. The quantitative estimate of drug-likeness (QED) is 0.871. The number of hydrogen-bond donors (Lipinski definition) is 1. The van der Waals surface area contributed by atoms with E-state index >= 15 is 0 Å². The molecule has 1 aromatic heterocycles. The fourth-order valence-electron chi connectivity index (χ4n) is 1.95. The van der Waals surface area contributed by atoms with E-state index in [1.165, 1.54) is 0 Å². The van der Waals surface area contributed by atoms with Crippen LogP contribution in [-0.2, 0) is 6.54 Å². The van der Waals surface area contributed by atoms with Gasteiger partial charge in [-0.2, -0.15) is 0 Å². The second kappa shape index (κ2) is 5.36. The standard InChI is InChI=1S/C15H16N2OS/c1-10-5-6-17(14(18)7-10)9-13-4-3-12(15(16)19)8-11(13)2/h3-8H,9H2,1-2H3,(H2,16,19). The van der Waals surface area contributed by atoms with E-state index in [0.717, 1.165) is 22.3 Å². The maximum Gasteiger partial charge on any atom is 0.251 e. The highest BCUT2D eigenvalue weighted by Gasteiger charge is 2.04. The van der Waals surface area contributed by atoms with Crippen molar-refractivity contribution < 1.29 is 0 Å². The molecule has 2 rings (SSSR count). The van der Waals surface area contributed by atoms with E-state index in [-0.39, 0.29) is 5.56 Å². The highest BCUT2D eigenvalue weighted by Crippen LogP contribution is 2.12. The Hall–Kier alpha value is -1.94. The molecule has 4 heteroatoms. The van der Waals surface area contributed by atoms with Gasteiger partial charge >= 0.3 is 0 Å². The smallest absolute Gasteiger partial charge is 0.251 e. The van der Waals surface area contributed by atoms with E-state index < -0.39 is 0 Å². The molecule has 0 bridgehead atoms. The van der Waals surface area contributed by atoms with Crippen LogP contribution in [0.4, 0.5) is 0 Å². The first-order valence-electron chi connectivity index (χ1n) is 6.04. The van der Waals surface area contributed by atoms with Crippen LogP contribution in [0.3, 0.4) is 0 Å². The van der Waals surface area contributed by atoms with Crippen molar-refractivity contribution in [3.05, 3.63) is 69.1 Å². The van der Waals surface area contributed by atoms with Crippen molar-refractivity contribution in [3.63, 3.8) is 0 Å². The van der Waals surface area contributed by atoms with Gasteiger partial charge in [0.25, 0.3) is 5.56 Å². The number of aryl methyl sites for hydroxylation is 2. The first kappa shape index (κ1) is 13.5. The molecule has 0 saturated heterocycles. The third-order valence-corrected chi connectivity index (χ3v) is 3.36. The third-order valence-electron chi connectivity index (χ3n) is 3.12. The Morgan fingerprint density at radius 3 is 2.58 bits per heavy atom. The summed E-state index contributed by atoms with van der Waals surface area (Å²) in [5, 5.41) is 0. The molecule has 1 aromatic carbocycles. The van der Waals surface area contributed by atoms with Crippen molar-refractivity contribution in [2.75, 3.05) is 0 Å². The molecular weight excluding hydrogens is 256 g/mol. The Labute approximate surface area is 117 Å². The van der Waals surface area contributed by atoms with Gasteiger partial charge in [-0.1, -0.05) is 24.4 Å². The summed E-state index contributed by atoms with van der Waals surface area (Å²) in [6, 6.07) is 9.38. The molecule has 0 fully saturated rings. The van der Waals surface area contributed by atoms with Crippen LogP contribution in [-0.4, -0.2) is 9.56 Å². The van der Waals surface area contributed by atoms with E-state index in [2.05, 4.69) is 0 Å². The molecular formula is C15H16N2OS. The minimum Gasteiger partial charge on any atom is -0.389 e. The molecule has 1 heterocycles. The van der Waals surface area contributed by atoms with Crippen LogP contribution in [0.15, 0.2) is 41.3 Å². The minimum atomic E-state index is 0.0119. The van der Waals surface area contributed by atoms with E-state index in [1.54, 1.807) is 10.6 Å². The van der Waals surface area contributed by atoms with Gasteiger partial charge in [-0.25, -0.2) is 0 Å². The zero-order valence-electron chi connectivity index (χ0n) is 11.0. The van der Waals surface area contributed by atoms with Crippen molar-refractivity contribution in [1.29, 1.82) is 0 Å². The molecule has 0 spiro atoms. The number of hydrogen-bond acceptors (Lipinski definition) is 2. The van der Waals surface area contributed by atoms with Crippen molar-refractivity contribution in [3.8, 4) is 0 Å². The fraction of sp³-hybridized carbons (Fsp3) is 0.200. The summed E-state index contributed by atoms with van der Waals surface area (Å²) in [7, 11) is 0. The Kier molecular flexibility index (Phi) is 3.81. The highest BCUT2D eigenvalue weighted by molar-refractivity contribution is 7.80. The molecule has 98 valence electrons. The first-order valence-corrected chi connectivity index (χ1v) is 6.44. The van der Waals surface area contributed by atoms with Gasteiger partial charge < -0.3 is 10.3 Å². The van der Waals surface area contributed by atoms with Crippen LogP contribution in [0.2, 0.25) is 0 Å². The van der Waals surface area contributed by atoms with Crippen LogP contribution in [0.25, 0.3) is 0 Å². The van der Waals surface area contributed by atoms with Crippen LogP contribution < -0.4 is 11.3 Å². The molecule has 0 aliphatic rings. The molecule has 0 radical (unpaired) electrons. The predicted octanol–water partition coefficient (Wildman–Crippen LogP) is 2.15. The summed E-state index contributed by atoms with van der Waals surface area (Å²) in [6.45, 7) is 4.47. The average molecular weight is 272 g/mol. The summed E-state index contributed by atoms with van der Waals surface area (Å²) in [5.41, 5.74) is 9.61. The monoisotopic (exact) mass is 272 g/mol. The van der Waals surface area contributed by atoms with E-state index in [1.807, 2.05) is 44.3 Å². The third kappa shape index (κ3) is 3.09. The van der Waals surface area contributed by atoms with Gasteiger partial charge in [0, 0.05) is 17.8 Å². The average Bonchev–Trinajstić information content (AvgIpc) is 2.34. The lowest BCUT2D eigenvalue weighted by Crippen LogP contribution is -2.20. The fourth-order valence-corrected chi connectivity index (χ4v) is 2.07. The Morgan fingerprint density at radius 2 is 2.00 bits per heavy atom. The lowest BCUT2D eigenvalue weighted by molar-refractivity contribution is 0.753. The van der Waals surface area contributed by atoms with E-state index in [0.29, 0.717) is 11.5 Å². The predicted molar refractivity (Wildman–Crippen MR) is 81.6 cm³/mol. The summed E-state index contributed by atoms with van der Waals surface area (Å²) < 4.78 is 1.69. The van der Waals surface area contributed by atoms with Crippen LogP contribution in [0.5, 0.6) is 0 Å². The number of aromatic nitrogens is 1. The zero-order chi connectivity index (χ0) is 14.0. The Bertz CT molecular complexity index is 689. The zero-order valence-corrected chi connectivity index (χ0v) is 11.8. The number of nitrogens with zero attached hydrogens (tertiary/aromatic N) is 1. The SMILES string of the molecule is Cc1ccn(Cc2ccc(C(N)=S)cc2C)c(=O)c1. The summed E-state index contributed by atoms with van der Waals surface area (Å²) in [5.74, 6) is 0. The van der Waals surface area contributed by atoms with E-state index in [9.17, 15) is 4.79 Å². The summed E-state index contributed by atoms with van der Waals surface area (Å²) in [6.07, 6.45) is 1.82. The normalized spacial score (nSPS) is 10.4. The topological polar surface area (TPSA) is 48.0 Å². The molecule has 2 aromatic rings. The number of pyridine rings is 1. The van der Waals surface area contributed by atoms with Crippen molar-refractivity contribution in [1.82, 2.24) is 4.57 Å². The minimum absolute atomic E-state index is 0.0119. The Morgan fingerprint density at radius 1 is 1.26 bits per heavy atom. The van der Waals surface area contributed by atoms with Crippen molar-refractivity contribution in [2.24, 2.45) is 5.73 Å². The maximum atomic E-state index is 11.9. The van der Waals surface area contributed by atoms with Crippen LogP contribution in [0, 0.1) is 13.8 Å². The van der Waals surface area contributed by atoms with Gasteiger partial charge in [-0.3, -0.25) is 4.79 Å². The molecule has 0 saturated carbocycles. The lowest BCUT2D eigenvalue weighted by atomic mass is 10.0. The van der Waals surface area contributed by atoms with Gasteiger partial charge in [0.1, 0.15) is 4.99 Å². The van der Waals surface area contributed by atoms with Crippen LogP contribution in [0.1, 0.15) is 22.3 Å². The second-order valence-electron chi connectivity index (χ2n) is 4.68. The Balaban J connectivity index is 2.33. The van der Waals surface area contributed by atoms with Gasteiger partial charge in [0.2, 0.25) is 0 Å². The maximum absolute atomic E-state index is 11.9. The van der Waals surface area contributed by atoms with Crippen LogP contribution >= 0.6 is 12.2 Å². The summed E-state index contributed by atoms with van der Waals surface area (Å²) in [4.78, 5) is 12.2. The second-order valence-corrected chi connectivity index (χ2v) is 5.12. The number of rotatable bonds is 3. The van der Waals surface area contributed by atoms with Gasteiger partial charge in [-0.15, -0.1) is 0 Å². The molecule has 0 aliphatic carbocycles. The van der Waals surface area contributed by atoms with Crippen molar-refractivity contribution >= 4 is 17.2 Å². The summed E-state index contributed by atoms with van der Waals surface area (Å²) >= 11 is 4.95. The molecule has 0 amide bonds. The largest absolute Gasteiger partial charge is 0.389 e. The van der Waals surface area contributed by atoms with E-state index in [4.69, 9.17) is 18.0 Å². The highest BCUT2D eigenvalue weighted by atomic mass is 32.1. The molecule has 0 atom stereocenters.